The van der Waals surface area contributed by atoms with Crippen molar-refractivity contribution in [2.75, 3.05) is 32.8 Å². The Hall–Kier alpha value is -1.59. The van der Waals surface area contributed by atoms with Crippen molar-refractivity contribution in [3.8, 4) is 0 Å². The number of nitrogens with zero attached hydrogens (tertiary/aromatic N) is 2. The molecule has 0 aromatic heterocycles. The second-order valence-electron chi connectivity index (χ2n) is 7.44. The Kier molecular flexibility index (Phi) is 7.32. The average Bonchev–Trinajstić information content (AvgIpc) is 3.22. The van der Waals surface area contributed by atoms with Gasteiger partial charge in [-0.25, -0.2) is 4.79 Å². The zero-order valence-corrected chi connectivity index (χ0v) is 16.1. The number of benzene rings is 1. The molecule has 2 aliphatic rings. The molecule has 2 heterocycles. The maximum Gasteiger partial charge on any atom is 0.317 e. The van der Waals surface area contributed by atoms with Gasteiger partial charge in [0.1, 0.15) is 0 Å². The zero-order chi connectivity index (χ0) is 18.2. The number of amides is 2. The summed E-state index contributed by atoms with van der Waals surface area (Å²) in [5.41, 5.74) is 2.30. The Bertz CT molecular complexity index is 564. The van der Waals surface area contributed by atoms with Gasteiger partial charge in [-0.1, -0.05) is 31.2 Å². The number of carbonyl (C=O) groups excluding carboxylic acids is 1. The number of urea groups is 1. The number of carbonyl (C=O) groups is 1. The minimum absolute atomic E-state index is 0.0640. The second kappa shape index (κ2) is 9.93. The summed E-state index contributed by atoms with van der Waals surface area (Å²) in [6.07, 6.45) is 5.90. The Morgan fingerprint density at radius 2 is 1.81 bits per heavy atom. The molecular weight excluding hydrogens is 326 g/mol. The van der Waals surface area contributed by atoms with Crippen LogP contribution in [0.2, 0.25) is 0 Å². The van der Waals surface area contributed by atoms with Crippen LogP contribution in [0.1, 0.15) is 50.2 Å². The molecule has 1 aromatic rings. The van der Waals surface area contributed by atoms with E-state index in [4.69, 9.17) is 4.74 Å². The highest BCUT2D eigenvalue weighted by Gasteiger charge is 2.28. The van der Waals surface area contributed by atoms with Crippen LogP contribution in [0.3, 0.4) is 0 Å². The second-order valence-corrected chi connectivity index (χ2v) is 7.44. The highest BCUT2D eigenvalue weighted by molar-refractivity contribution is 5.74. The molecule has 1 aromatic carbocycles. The van der Waals surface area contributed by atoms with Crippen molar-refractivity contribution in [1.82, 2.24) is 15.1 Å². The van der Waals surface area contributed by atoms with E-state index in [1.807, 2.05) is 17.0 Å². The van der Waals surface area contributed by atoms with Gasteiger partial charge in [0.05, 0.1) is 6.61 Å². The minimum atomic E-state index is 0.0640. The van der Waals surface area contributed by atoms with Gasteiger partial charge < -0.3 is 19.9 Å². The van der Waals surface area contributed by atoms with Crippen LogP contribution in [0, 0.1) is 0 Å². The monoisotopic (exact) mass is 359 g/mol. The van der Waals surface area contributed by atoms with Crippen LogP contribution in [0.5, 0.6) is 0 Å². The van der Waals surface area contributed by atoms with Crippen molar-refractivity contribution >= 4 is 6.03 Å². The standard InChI is InChI=1S/C21H33N3O2/c1-2-15-26-17-19-8-4-3-7-18(19)16-22-21(25)24-13-9-20(10-14-24)23-11-5-6-12-23/h3-4,7-8,20H,2,5-6,9-17H2,1H3,(H,22,25). The number of ether oxygens (including phenoxy) is 1. The van der Waals surface area contributed by atoms with Crippen LogP contribution in [-0.4, -0.2) is 54.7 Å². The van der Waals surface area contributed by atoms with E-state index in [9.17, 15) is 4.79 Å². The fourth-order valence-corrected chi connectivity index (χ4v) is 4.02. The molecule has 0 bridgehead atoms. The lowest BCUT2D eigenvalue weighted by Crippen LogP contribution is -2.48. The van der Waals surface area contributed by atoms with E-state index in [1.54, 1.807) is 0 Å². The molecule has 0 atom stereocenters. The summed E-state index contributed by atoms with van der Waals surface area (Å²) in [7, 11) is 0. The lowest BCUT2D eigenvalue weighted by atomic mass is 10.0. The predicted octanol–water partition coefficient (Wildman–Crippen LogP) is 3.38. The Balaban J connectivity index is 1.44. The maximum absolute atomic E-state index is 12.5. The summed E-state index contributed by atoms with van der Waals surface area (Å²) < 4.78 is 5.67. The molecule has 2 amide bonds. The van der Waals surface area contributed by atoms with Gasteiger partial charge in [-0.3, -0.25) is 0 Å². The first kappa shape index (κ1) is 19.2. The molecule has 2 saturated heterocycles. The molecular formula is C21H33N3O2. The summed E-state index contributed by atoms with van der Waals surface area (Å²) in [5.74, 6) is 0. The smallest absolute Gasteiger partial charge is 0.317 e. The first-order chi connectivity index (χ1) is 12.8. The van der Waals surface area contributed by atoms with Crippen LogP contribution in [0.4, 0.5) is 4.79 Å². The molecule has 5 heteroatoms. The number of rotatable bonds is 7. The molecule has 0 unspecified atom stereocenters. The van der Waals surface area contributed by atoms with Crippen molar-refractivity contribution in [3.05, 3.63) is 35.4 Å². The minimum Gasteiger partial charge on any atom is -0.377 e. The Labute approximate surface area is 157 Å². The summed E-state index contributed by atoms with van der Waals surface area (Å²) in [6.45, 7) is 8.29. The molecule has 2 aliphatic heterocycles. The number of piperidine rings is 1. The third-order valence-electron chi connectivity index (χ3n) is 5.56. The molecule has 26 heavy (non-hydrogen) atoms. The molecule has 0 radical (unpaired) electrons. The van der Waals surface area contributed by atoms with E-state index in [-0.39, 0.29) is 6.03 Å². The highest BCUT2D eigenvalue weighted by Crippen LogP contribution is 2.21. The van der Waals surface area contributed by atoms with E-state index < -0.39 is 0 Å². The van der Waals surface area contributed by atoms with E-state index >= 15 is 0 Å². The van der Waals surface area contributed by atoms with Crippen LogP contribution in [0.15, 0.2) is 24.3 Å². The topological polar surface area (TPSA) is 44.8 Å². The maximum atomic E-state index is 12.5. The molecule has 2 fully saturated rings. The summed E-state index contributed by atoms with van der Waals surface area (Å²) in [4.78, 5) is 17.1. The molecule has 0 spiro atoms. The van der Waals surface area contributed by atoms with Gasteiger partial charge in [0.15, 0.2) is 0 Å². The predicted molar refractivity (Wildman–Crippen MR) is 104 cm³/mol. The average molecular weight is 360 g/mol. The van der Waals surface area contributed by atoms with E-state index in [0.717, 1.165) is 50.1 Å². The van der Waals surface area contributed by atoms with Crippen molar-refractivity contribution in [2.45, 2.75) is 58.2 Å². The van der Waals surface area contributed by atoms with Crippen molar-refractivity contribution < 1.29 is 9.53 Å². The fourth-order valence-electron chi connectivity index (χ4n) is 4.02. The van der Waals surface area contributed by atoms with Gasteiger partial charge in [0, 0.05) is 32.3 Å². The third-order valence-corrected chi connectivity index (χ3v) is 5.56. The summed E-state index contributed by atoms with van der Waals surface area (Å²) >= 11 is 0. The number of hydrogen-bond acceptors (Lipinski definition) is 3. The molecule has 0 saturated carbocycles. The normalized spacial score (nSPS) is 19.0. The number of hydrogen-bond donors (Lipinski definition) is 1. The largest absolute Gasteiger partial charge is 0.377 e. The highest BCUT2D eigenvalue weighted by atomic mass is 16.5. The Morgan fingerprint density at radius 3 is 2.50 bits per heavy atom. The summed E-state index contributed by atoms with van der Waals surface area (Å²) in [6, 6.07) is 8.95. The fraction of sp³-hybridized carbons (Fsp3) is 0.667. The zero-order valence-electron chi connectivity index (χ0n) is 16.1. The van der Waals surface area contributed by atoms with Gasteiger partial charge >= 0.3 is 6.03 Å². The quantitative estimate of drug-likeness (QED) is 0.759. The van der Waals surface area contributed by atoms with Crippen LogP contribution >= 0.6 is 0 Å². The van der Waals surface area contributed by atoms with Crippen LogP contribution in [-0.2, 0) is 17.9 Å². The van der Waals surface area contributed by atoms with Gasteiger partial charge in [0.2, 0.25) is 0 Å². The Morgan fingerprint density at radius 1 is 1.12 bits per heavy atom. The van der Waals surface area contributed by atoms with E-state index in [2.05, 4.69) is 29.3 Å². The molecule has 144 valence electrons. The molecule has 1 N–H and O–H groups in total. The van der Waals surface area contributed by atoms with Crippen molar-refractivity contribution in [3.63, 3.8) is 0 Å². The van der Waals surface area contributed by atoms with Crippen molar-refractivity contribution in [2.24, 2.45) is 0 Å². The SMILES string of the molecule is CCCOCc1ccccc1CNC(=O)N1CCC(N2CCCC2)CC1. The van der Waals surface area contributed by atoms with E-state index in [0.29, 0.717) is 19.2 Å². The molecule has 5 nitrogen and oxygen atoms in total. The summed E-state index contributed by atoms with van der Waals surface area (Å²) in [5, 5.41) is 3.10. The van der Waals surface area contributed by atoms with Gasteiger partial charge in [-0.15, -0.1) is 0 Å². The van der Waals surface area contributed by atoms with Gasteiger partial charge in [-0.2, -0.15) is 0 Å². The first-order valence-corrected chi connectivity index (χ1v) is 10.2. The van der Waals surface area contributed by atoms with Crippen LogP contribution in [0.25, 0.3) is 0 Å². The number of likely N-dealkylation sites (tertiary alicyclic amines) is 2. The lowest BCUT2D eigenvalue weighted by molar-refractivity contribution is 0.120. The lowest BCUT2D eigenvalue weighted by Gasteiger charge is -2.36. The van der Waals surface area contributed by atoms with E-state index in [1.165, 1.54) is 25.9 Å². The van der Waals surface area contributed by atoms with Crippen molar-refractivity contribution in [1.29, 1.82) is 0 Å². The third kappa shape index (κ3) is 5.21. The first-order valence-electron chi connectivity index (χ1n) is 10.2. The van der Waals surface area contributed by atoms with Gasteiger partial charge in [-0.05, 0) is 56.3 Å². The molecule has 3 rings (SSSR count). The number of nitrogens with one attached hydrogen (secondary N) is 1. The van der Waals surface area contributed by atoms with Gasteiger partial charge in [0.25, 0.3) is 0 Å². The van der Waals surface area contributed by atoms with Crippen LogP contribution < -0.4 is 5.32 Å². The molecule has 0 aliphatic carbocycles.